The molecule has 2 unspecified atom stereocenters. The maximum atomic E-state index is 12.4. The van der Waals surface area contributed by atoms with Gasteiger partial charge in [0.25, 0.3) is 0 Å². The van der Waals surface area contributed by atoms with Crippen molar-refractivity contribution in [1.82, 2.24) is 20.9 Å². The molecule has 0 radical (unpaired) electrons. The number of ether oxygens (including phenoxy) is 1. The summed E-state index contributed by atoms with van der Waals surface area (Å²) in [5, 5.41) is 9.20. The first-order valence-electron chi connectivity index (χ1n) is 14.2. The highest BCUT2D eigenvalue weighted by atomic mass is 16.5. The zero-order chi connectivity index (χ0) is 25.5. The molecule has 3 N–H and O–H groups in total. The molecule has 2 heterocycles. The lowest BCUT2D eigenvalue weighted by Gasteiger charge is -2.55. The summed E-state index contributed by atoms with van der Waals surface area (Å²) in [5.41, 5.74) is 1.62. The van der Waals surface area contributed by atoms with Crippen LogP contribution in [-0.4, -0.2) is 54.2 Å². The number of esters is 1. The minimum Gasteiger partial charge on any atom is -0.465 e. The second-order valence-electron chi connectivity index (χ2n) is 11.3. The van der Waals surface area contributed by atoms with E-state index in [2.05, 4.69) is 27.4 Å². The van der Waals surface area contributed by atoms with Crippen LogP contribution in [0.15, 0.2) is 36.2 Å². The molecule has 2 amide bonds. The van der Waals surface area contributed by atoms with Crippen molar-refractivity contribution in [2.75, 3.05) is 13.2 Å². The second-order valence-corrected chi connectivity index (χ2v) is 11.3. The molecule has 7 heteroatoms. The van der Waals surface area contributed by atoms with Crippen LogP contribution in [0.5, 0.6) is 0 Å². The molecular formula is C29H46N4O3. The number of hydrogen-bond acceptors (Lipinski definition) is 5. The smallest absolute Gasteiger partial charge is 0.325 e. The normalized spacial score (nSPS) is 32.8. The maximum absolute atomic E-state index is 12.4. The van der Waals surface area contributed by atoms with Gasteiger partial charge in [-0.25, -0.2) is 4.79 Å². The zero-order valence-corrected chi connectivity index (χ0v) is 22.3. The number of allylic oxidation sites excluding steroid dienone is 4. The maximum Gasteiger partial charge on any atom is 0.325 e. The van der Waals surface area contributed by atoms with Crippen LogP contribution in [0.2, 0.25) is 0 Å². The summed E-state index contributed by atoms with van der Waals surface area (Å²) >= 11 is 0. The fraction of sp³-hybridized carbons (Fsp3) is 0.724. The van der Waals surface area contributed by atoms with E-state index in [1.807, 2.05) is 19.1 Å². The molecule has 6 atom stereocenters. The van der Waals surface area contributed by atoms with Gasteiger partial charge in [-0.15, -0.1) is 0 Å². The van der Waals surface area contributed by atoms with E-state index in [0.29, 0.717) is 30.4 Å². The second kappa shape index (κ2) is 12.8. The van der Waals surface area contributed by atoms with Gasteiger partial charge >= 0.3 is 12.0 Å². The van der Waals surface area contributed by atoms with Gasteiger partial charge in [0, 0.05) is 29.9 Å². The molecule has 4 aliphatic rings. The Bertz CT molecular complexity index is 827. The van der Waals surface area contributed by atoms with E-state index in [0.717, 1.165) is 36.4 Å². The Labute approximate surface area is 217 Å². The van der Waals surface area contributed by atoms with Gasteiger partial charge in [-0.3, -0.25) is 9.69 Å². The molecule has 200 valence electrons. The van der Waals surface area contributed by atoms with E-state index >= 15 is 0 Å². The summed E-state index contributed by atoms with van der Waals surface area (Å²) in [6, 6.07) is 2.09. The van der Waals surface area contributed by atoms with Gasteiger partial charge in [0.15, 0.2) is 0 Å². The average Bonchev–Trinajstić information content (AvgIpc) is 2.84. The highest BCUT2D eigenvalue weighted by Crippen LogP contribution is 2.45. The minimum atomic E-state index is -0.449. The Balaban J connectivity index is 1.38. The summed E-state index contributed by atoms with van der Waals surface area (Å²) in [4.78, 5) is 27.0. The van der Waals surface area contributed by atoms with Crippen LogP contribution >= 0.6 is 0 Å². The number of urea groups is 1. The molecule has 2 saturated heterocycles. The van der Waals surface area contributed by atoms with Gasteiger partial charge in [-0.2, -0.15) is 0 Å². The summed E-state index contributed by atoms with van der Waals surface area (Å²) < 4.78 is 4.88. The molecule has 4 fully saturated rings. The average molecular weight is 499 g/mol. The van der Waals surface area contributed by atoms with E-state index in [1.54, 1.807) is 13.0 Å². The third kappa shape index (κ3) is 6.93. The highest BCUT2D eigenvalue weighted by Gasteiger charge is 2.44. The number of carbonyl (C=O) groups excluding carboxylic acids is 2. The van der Waals surface area contributed by atoms with Crippen molar-refractivity contribution in [1.29, 1.82) is 0 Å². The van der Waals surface area contributed by atoms with Crippen LogP contribution in [0.25, 0.3) is 0 Å². The van der Waals surface area contributed by atoms with Crippen LogP contribution in [-0.2, 0) is 9.53 Å². The van der Waals surface area contributed by atoms with Gasteiger partial charge in [-0.05, 0) is 76.7 Å². The topological polar surface area (TPSA) is 82.7 Å². The zero-order valence-electron chi connectivity index (χ0n) is 22.3. The molecule has 0 aromatic rings. The number of nitrogens with one attached hydrogen (secondary N) is 3. The Morgan fingerprint density at radius 2 is 1.64 bits per heavy atom. The molecule has 2 aliphatic carbocycles. The Morgan fingerprint density at radius 3 is 2.28 bits per heavy atom. The SMILES string of the molecule is C=C/C=C\C(NC(=O)NCC(=O)OCC)=C(/C)NC1C[C@H]2CCC[C@@H](C1)N2C1C[C@H]2CCC[C@@H](C1)C2. The summed E-state index contributed by atoms with van der Waals surface area (Å²) in [6.07, 6.45) is 20.3. The number of fused-ring (bicyclic) bond motifs is 4. The Morgan fingerprint density at radius 1 is 0.972 bits per heavy atom. The van der Waals surface area contributed by atoms with Crippen molar-refractivity contribution in [3.05, 3.63) is 36.2 Å². The molecule has 0 spiro atoms. The minimum absolute atomic E-state index is 0.157. The third-order valence-corrected chi connectivity index (χ3v) is 8.73. The summed E-state index contributed by atoms with van der Waals surface area (Å²) in [7, 11) is 0. The molecule has 0 aromatic heterocycles. The molecule has 2 aliphatic heterocycles. The predicted octanol–water partition coefficient (Wildman–Crippen LogP) is 4.77. The Hall–Kier alpha value is -2.28. The van der Waals surface area contributed by atoms with Crippen LogP contribution < -0.4 is 16.0 Å². The highest BCUT2D eigenvalue weighted by molar-refractivity contribution is 5.82. The molecule has 2 saturated carbocycles. The third-order valence-electron chi connectivity index (χ3n) is 8.73. The molecule has 4 rings (SSSR count). The number of hydrogen-bond donors (Lipinski definition) is 3. The molecular weight excluding hydrogens is 452 g/mol. The van der Waals surface area contributed by atoms with Gasteiger partial charge in [0.05, 0.1) is 12.3 Å². The Kier molecular flexibility index (Phi) is 9.52. The van der Waals surface area contributed by atoms with E-state index < -0.39 is 12.0 Å². The van der Waals surface area contributed by atoms with Crippen molar-refractivity contribution >= 4 is 12.0 Å². The van der Waals surface area contributed by atoms with Gasteiger partial charge in [0.1, 0.15) is 6.54 Å². The molecule has 4 bridgehead atoms. The van der Waals surface area contributed by atoms with Crippen molar-refractivity contribution in [2.45, 2.75) is 109 Å². The van der Waals surface area contributed by atoms with Gasteiger partial charge in [-0.1, -0.05) is 44.4 Å². The number of carbonyl (C=O) groups is 2. The van der Waals surface area contributed by atoms with E-state index in [4.69, 9.17) is 4.74 Å². The molecule has 0 aromatic carbocycles. The van der Waals surface area contributed by atoms with Crippen molar-refractivity contribution < 1.29 is 14.3 Å². The largest absolute Gasteiger partial charge is 0.465 e. The van der Waals surface area contributed by atoms with E-state index in [-0.39, 0.29) is 6.54 Å². The van der Waals surface area contributed by atoms with Crippen LogP contribution in [0.3, 0.4) is 0 Å². The van der Waals surface area contributed by atoms with Crippen LogP contribution in [0, 0.1) is 11.8 Å². The molecule has 7 nitrogen and oxygen atoms in total. The molecule has 36 heavy (non-hydrogen) atoms. The van der Waals surface area contributed by atoms with Crippen LogP contribution in [0.1, 0.15) is 84.5 Å². The standard InChI is InChI=1S/C29H46N4O3/c1-4-6-13-27(32-29(35)30-19-28(34)36-5-2)20(3)31-23-17-24-11-8-12-25(18-23)33(24)26-15-21-9-7-10-22(14-21)16-26/h4,6,13,21-26,31H,1,5,7-12,14-19H2,2-3H3,(H2,30,32,35)/b13-6-,27-20-/t21-,22+,23?,24-,25+,26?. The number of nitrogens with zero attached hydrogens (tertiary/aromatic N) is 1. The summed E-state index contributed by atoms with van der Waals surface area (Å²) in [6.45, 7) is 7.65. The van der Waals surface area contributed by atoms with Crippen molar-refractivity contribution in [2.24, 2.45) is 11.8 Å². The lowest BCUT2D eigenvalue weighted by molar-refractivity contribution is -0.141. The van der Waals surface area contributed by atoms with Crippen molar-refractivity contribution in [3.63, 3.8) is 0 Å². The van der Waals surface area contributed by atoms with Gasteiger partial charge in [0.2, 0.25) is 0 Å². The lowest BCUT2D eigenvalue weighted by Crippen LogP contribution is -2.60. The predicted molar refractivity (Wildman–Crippen MR) is 143 cm³/mol. The number of piperidine rings is 2. The number of rotatable bonds is 9. The van der Waals surface area contributed by atoms with E-state index in [1.165, 1.54) is 57.8 Å². The quantitative estimate of drug-likeness (QED) is 0.315. The first kappa shape index (κ1) is 26.8. The summed E-state index contributed by atoms with van der Waals surface area (Å²) in [5.74, 6) is 1.48. The fourth-order valence-electron chi connectivity index (χ4n) is 7.41. The fourth-order valence-corrected chi connectivity index (χ4v) is 7.41. The monoisotopic (exact) mass is 498 g/mol. The first-order valence-corrected chi connectivity index (χ1v) is 14.2. The van der Waals surface area contributed by atoms with Crippen LogP contribution in [0.4, 0.5) is 4.79 Å². The van der Waals surface area contributed by atoms with Gasteiger partial charge < -0.3 is 20.7 Å². The lowest BCUT2D eigenvalue weighted by atomic mass is 9.68. The first-order chi connectivity index (χ1) is 17.5. The van der Waals surface area contributed by atoms with E-state index in [9.17, 15) is 9.59 Å². The number of amides is 2. The van der Waals surface area contributed by atoms with Crippen molar-refractivity contribution in [3.8, 4) is 0 Å².